The third-order valence-corrected chi connectivity index (χ3v) is 4.59. The molecule has 1 atom stereocenters. The standard InChI is InChI=1S/C17H13ClF3NO3/c18-11-2-4-14(24)12(6-11)16(8-23)7-9-5-10(17(19,20)21)1-3-13(9)22-15(16)25/h1-6,23-24H,7-8H2,(H,22,25). The van der Waals surface area contributed by atoms with Gasteiger partial charge >= 0.3 is 6.18 Å². The number of aliphatic hydroxyl groups is 1. The highest BCUT2D eigenvalue weighted by atomic mass is 35.5. The van der Waals surface area contributed by atoms with E-state index in [2.05, 4.69) is 5.32 Å². The van der Waals surface area contributed by atoms with E-state index in [9.17, 15) is 28.2 Å². The largest absolute Gasteiger partial charge is 0.508 e. The van der Waals surface area contributed by atoms with Gasteiger partial charge in [0.2, 0.25) is 5.91 Å². The van der Waals surface area contributed by atoms with Gasteiger partial charge in [-0.3, -0.25) is 4.79 Å². The molecule has 3 rings (SSSR count). The smallest absolute Gasteiger partial charge is 0.416 e. The lowest BCUT2D eigenvalue weighted by atomic mass is 9.72. The van der Waals surface area contributed by atoms with E-state index in [1.165, 1.54) is 24.3 Å². The lowest BCUT2D eigenvalue weighted by Gasteiger charge is -2.36. The minimum absolute atomic E-state index is 0.0584. The van der Waals surface area contributed by atoms with Crippen LogP contribution >= 0.6 is 11.6 Å². The maximum absolute atomic E-state index is 13.0. The zero-order chi connectivity index (χ0) is 18.4. The van der Waals surface area contributed by atoms with E-state index < -0.39 is 29.7 Å². The summed E-state index contributed by atoms with van der Waals surface area (Å²) in [4.78, 5) is 12.6. The highest BCUT2D eigenvalue weighted by Gasteiger charge is 2.46. The van der Waals surface area contributed by atoms with E-state index in [0.717, 1.165) is 12.1 Å². The lowest BCUT2D eigenvalue weighted by molar-refractivity contribution is -0.137. The van der Waals surface area contributed by atoms with Gasteiger partial charge in [0, 0.05) is 16.3 Å². The van der Waals surface area contributed by atoms with Crippen LogP contribution in [0.3, 0.4) is 0 Å². The number of benzene rings is 2. The molecule has 1 aliphatic heterocycles. The summed E-state index contributed by atoms with van der Waals surface area (Å²) < 4.78 is 38.9. The van der Waals surface area contributed by atoms with Crippen LogP contribution in [0.1, 0.15) is 16.7 Å². The van der Waals surface area contributed by atoms with E-state index >= 15 is 0 Å². The Labute approximate surface area is 145 Å². The molecule has 0 saturated carbocycles. The molecule has 2 aromatic rings. The number of phenolic OH excluding ortho intramolecular Hbond substituents is 1. The zero-order valence-corrected chi connectivity index (χ0v) is 13.4. The first-order valence-electron chi connectivity index (χ1n) is 7.29. The Hall–Kier alpha value is -2.25. The summed E-state index contributed by atoms with van der Waals surface area (Å²) in [5.74, 6) is -0.899. The number of halogens is 4. The van der Waals surface area contributed by atoms with Gasteiger partial charge in [0.15, 0.2) is 0 Å². The van der Waals surface area contributed by atoms with Crippen molar-refractivity contribution in [2.45, 2.75) is 18.0 Å². The van der Waals surface area contributed by atoms with Crippen LogP contribution in [0.4, 0.5) is 18.9 Å². The highest BCUT2D eigenvalue weighted by Crippen LogP contribution is 2.42. The minimum atomic E-state index is -4.53. The molecule has 2 aromatic carbocycles. The van der Waals surface area contributed by atoms with Gasteiger partial charge < -0.3 is 15.5 Å². The first-order valence-corrected chi connectivity index (χ1v) is 7.66. The lowest BCUT2D eigenvalue weighted by Crippen LogP contribution is -2.48. The third-order valence-electron chi connectivity index (χ3n) is 4.35. The quantitative estimate of drug-likeness (QED) is 0.757. The van der Waals surface area contributed by atoms with Gasteiger partial charge in [-0.05, 0) is 48.4 Å². The molecule has 3 N–H and O–H groups in total. The van der Waals surface area contributed by atoms with Gasteiger partial charge in [-0.2, -0.15) is 13.2 Å². The van der Waals surface area contributed by atoms with Gasteiger partial charge in [-0.15, -0.1) is 0 Å². The van der Waals surface area contributed by atoms with Crippen molar-refractivity contribution in [2.24, 2.45) is 0 Å². The molecule has 0 bridgehead atoms. The molecule has 0 radical (unpaired) electrons. The van der Waals surface area contributed by atoms with Crippen LogP contribution in [0.15, 0.2) is 36.4 Å². The van der Waals surface area contributed by atoms with Gasteiger partial charge in [0.05, 0.1) is 12.2 Å². The molecule has 1 amide bonds. The van der Waals surface area contributed by atoms with Gasteiger partial charge in [0.25, 0.3) is 0 Å². The molecule has 4 nitrogen and oxygen atoms in total. The van der Waals surface area contributed by atoms with Crippen molar-refractivity contribution in [1.82, 2.24) is 0 Å². The Balaban J connectivity index is 2.15. The van der Waals surface area contributed by atoms with Crippen LogP contribution in [0, 0.1) is 0 Å². The zero-order valence-electron chi connectivity index (χ0n) is 12.7. The average molecular weight is 372 g/mol. The van der Waals surface area contributed by atoms with Gasteiger partial charge in [0.1, 0.15) is 11.2 Å². The summed E-state index contributed by atoms with van der Waals surface area (Å²) >= 11 is 5.91. The molecule has 0 fully saturated rings. The van der Waals surface area contributed by atoms with Crippen LogP contribution in [-0.4, -0.2) is 22.7 Å². The molecule has 25 heavy (non-hydrogen) atoms. The maximum atomic E-state index is 13.0. The second-order valence-electron chi connectivity index (χ2n) is 5.90. The Bertz CT molecular complexity index is 854. The van der Waals surface area contributed by atoms with E-state index in [4.69, 9.17) is 11.6 Å². The number of fused-ring (bicyclic) bond motifs is 1. The van der Waals surface area contributed by atoms with E-state index in [1.54, 1.807) is 0 Å². The number of nitrogens with one attached hydrogen (secondary N) is 1. The Morgan fingerprint density at radius 2 is 1.92 bits per heavy atom. The molecule has 0 saturated heterocycles. The second kappa shape index (κ2) is 5.93. The summed E-state index contributed by atoms with van der Waals surface area (Å²) in [5.41, 5.74) is -1.98. The normalized spacial score (nSPS) is 20.1. The number of alkyl halides is 3. The number of rotatable bonds is 2. The van der Waals surface area contributed by atoms with Crippen molar-refractivity contribution in [2.75, 3.05) is 11.9 Å². The number of aromatic hydroxyl groups is 1. The van der Waals surface area contributed by atoms with Crippen molar-refractivity contribution in [3.8, 4) is 5.75 Å². The van der Waals surface area contributed by atoms with Crippen LogP contribution in [0.5, 0.6) is 5.75 Å². The molecular formula is C17H13ClF3NO3. The highest BCUT2D eigenvalue weighted by molar-refractivity contribution is 6.30. The fourth-order valence-corrected chi connectivity index (χ4v) is 3.18. The summed E-state index contributed by atoms with van der Waals surface area (Å²) in [6.45, 7) is -0.706. The summed E-state index contributed by atoms with van der Waals surface area (Å²) in [5, 5.41) is 22.7. The topological polar surface area (TPSA) is 69.6 Å². The molecule has 0 spiro atoms. The summed E-state index contributed by atoms with van der Waals surface area (Å²) in [6.07, 6.45) is -4.74. The molecule has 0 aliphatic carbocycles. The molecule has 1 heterocycles. The van der Waals surface area contributed by atoms with Gasteiger partial charge in [-0.1, -0.05) is 11.6 Å². The first-order chi connectivity index (χ1) is 11.7. The number of anilines is 1. The number of carbonyl (C=O) groups excluding carboxylic acids is 1. The second-order valence-corrected chi connectivity index (χ2v) is 6.34. The van der Waals surface area contributed by atoms with Gasteiger partial charge in [-0.25, -0.2) is 0 Å². The predicted octanol–water partition coefficient (Wildman–Crippen LogP) is 3.49. The van der Waals surface area contributed by atoms with Crippen molar-refractivity contribution < 1.29 is 28.2 Å². The molecule has 8 heteroatoms. The first kappa shape index (κ1) is 17.6. The summed E-state index contributed by atoms with van der Waals surface area (Å²) in [7, 11) is 0. The van der Waals surface area contributed by atoms with E-state index in [-0.39, 0.29) is 34.0 Å². The Morgan fingerprint density at radius 1 is 1.20 bits per heavy atom. The van der Waals surface area contributed by atoms with Crippen molar-refractivity contribution in [1.29, 1.82) is 0 Å². The molecular weight excluding hydrogens is 359 g/mol. The third kappa shape index (κ3) is 2.94. The molecule has 132 valence electrons. The molecule has 1 aliphatic rings. The Morgan fingerprint density at radius 3 is 2.56 bits per heavy atom. The van der Waals surface area contributed by atoms with Crippen molar-refractivity contribution in [3.05, 3.63) is 58.1 Å². The predicted molar refractivity (Wildman–Crippen MR) is 85.7 cm³/mol. The SMILES string of the molecule is O=C1Nc2ccc(C(F)(F)F)cc2CC1(CO)c1cc(Cl)ccc1O. The Kier molecular flexibility index (Phi) is 4.17. The number of hydrogen-bond acceptors (Lipinski definition) is 3. The maximum Gasteiger partial charge on any atom is 0.416 e. The van der Waals surface area contributed by atoms with Crippen molar-refractivity contribution >= 4 is 23.2 Å². The fourth-order valence-electron chi connectivity index (χ4n) is 3.01. The minimum Gasteiger partial charge on any atom is -0.508 e. The number of phenols is 1. The number of carbonyl (C=O) groups is 1. The average Bonchev–Trinajstić information content (AvgIpc) is 2.55. The number of aliphatic hydroxyl groups excluding tert-OH is 1. The van der Waals surface area contributed by atoms with Crippen molar-refractivity contribution in [3.63, 3.8) is 0 Å². The molecule has 0 aromatic heterocycles. The van der Waals surface area contributed by atoms with E-state index in [0.29, 0.717) is 0 Å². The molecule has 1 unspecified atom stereocenters. The van der Waals surface area contributed by atoms with Crippen LogP contribution in [0.25, 0.3) is 0 Å². The van der Waals surface area contributed by atoms with Crippen LogP contribution < -0.4 is 5.32 Å². The van der Waals surface area contributed by atoms with Crippen LogP contribution in [0.2, 0.25) is 5.02 Å². The van der Waals surface area contributed by atoms with E-state index in [1.807, 2.05) is 0 Å². The van der Waals surface area contributed by atoms with Crippen LogP contribution in [-0.2, 0) is 22.8 Å². The number of hydrogen-bond donors (Lipinski definition) is 3. The fraction of sp³-hybridized carbons (Fsp3) is 0.235. The monoisotopic (exact) mass is 371 g/mol. The summed E-state index contributed by atoms with van der Waals surface area (Å²) in [6, 6.07) is 6.98. The number of amides is 1.